The SMILES string of the molecule is CO/C(=N/[N+](=O)[O-])NCCNc1cccc(C(C)(C)C)c1. The van der Waals surface area contributed by atoms with E-state index in [1.165, 1.54) is 12.7 Å². The van der Waals surface area contributed by atoms with Crippen LogP contribution in [-0.2, 0) is 10.2 Å². The number of rotatable bonds is 5. The van der Waals surface area contributed by atoms with Crippen LogP contribution in [0.4, 0.5) is 5.69 Å². The van der Waals surface area contributed by atoms with Crippen molar-refractivity contribution in [3.05, 3.63) is 39.9 Å². The molecule has 0 bridgehead atoms. The van der Waals surface area contributed by atoms with Crippen LogP contribution in [0.3, 0.4) is 0 Å². The maximum atomic E-state index is 10.2. The number of benzene rings is 1. The van der Waals surface area contributed by atoms with Crippen molar-refractivity contribution < 1.29 is 9.77 Å². The molecule has 0 spiro atoms. The van der Waals surface area contributed by atoms with Crippen LogP contribution in [0, 0.1) is 10.1 Å². The molecule has 0 heterocycles. The molecule has 0 radical (unpaired) electrons. The minimum Gasteiger partial charge on any atom is -0.464 e. The van der Waals surface area contributed by atoms with Gasteiger partial charge >= 0.3 is 6.02 Å². The van der Waals surface area contributed by atoms with E-state index < -0.39 is 5.03 Å². The van der Waals surface area contributed by atoms with Crippen LogP contribution in [0.2, 0.25) is 0 Å². The molecule has 0 fully saturated rings. The number of amidine groups is 1. The van der Waals surface area contributed by atoms with E-state index in [0.717, 1.165) is 5.69 Å². The minimum atomic E-state index is -0.800. The van der Waals surface area contributed by atoms with Crippen molar-refractivity contribution in [1.82, 2.24) is 5.32 Å². The van der Waals surface area contributed by atoms with Gasteiger partial charge in [0.2, 0.25) is 0 Å². The summed E-state index contributed by atoms with van der Waals surface area (Å²) in [6.07, 6.45) is 0. The van der Waals surface area contributed by atoms with Crippen molar-refractivity contribution in [1.29, 1.82) is 0 Å². The van der Waals surface area contributed by atoms with Gasteiger partial charge in [0, 0.05) is 18.8 Å². The van der Waals surface area contributed by atoms with Crippen molar-refractivity contribution in [3.63, 3.8) is 0 Å². The van der Waals surface area contributed by atoms with Crippen molar-refractivity contribution >= 4 is 11.7 Å². The Morgan fingerprint density at radius 1 is 1.38 bits per heavy atom. The molecule has 0 aliphatic carbocycles. The number of anilines is 1. The zero-order valence-electron chi connectivity index (χ0n) is 12.8. The lowest BCUT2D eigenvalue weighted by atomic mass is 9.87. The summed E-state index contributed by atoms with van der Waals surface area (Å²) in [5.74, 6) is 0. The lowest BCUT2D eigenvalue weighted by molar-refractivity contribution is -0.486. The van der Waals surface area contributed by atoms with E-state index >= 15 is 0 Å². The van der Waals surface area contributed by atoms with E-state index in [-0.39, 0.29) is 11.4 Å². The topological polar surface area (TPSA) is 88.8 Å². The maximum absolute atomic E-state index is 10.2. The first-order chi connectivity index (χ1) is 9.82. The third-order valence-electron chi connectivity index (χ3n) is 2.82. The number of hydrogen-bond acceptors (Lipinski definition) is 4. The molecule has 0 aliphatic rings. The number of nitrogens with one attached hydrogen (secondary N) is 2. The van der Waals surface area contributed by atoms with Gasteiger partial charge in [0.05, 0.1) is 7.11 Å². The second-order valence-electron chi connectivity index (χ2n) is 5.53. The number of hydrogen-bond donors (Lipinski definition) is 2. The van der Waals surface area contributed by atoms with Gasteiger partial charge < -0.3 is 15.4 Å². The van der Waals surface area contributed by atoms with Crippen LogP contribution in [0.15, 0.2) is 29.4 Å². The third-order valence-corrected chi connectivity index (χ3v) is 2.82. The summed E-state index contributed by atoms with van der Waals surface area (Å²) < 4.78 is 4.75. The molecule has 0 aliphatic heterocycles. The van der Waals surface area contributed by atoms with Crippen molar-refractivity contribution in [2.75, 3.05) is 25.5 Å². The monoisotopic (exact) mass is 294 g/mol. The highest BCUT2D eigenvalue weighted by molar-refractivity contribution is 5.72. The summed E-state index contributed by atoms with van der Waals surface area (Å²) in [6, 6.07) is 8.08. The first kappa shape index (κ1) is 16.7. The standard InChI is InChI=1S/C14H22N4O3/c1-14(2,3)11-6-5-7-12(10-11)15-8-9-16-13(21-4)17-18(19)20/h5-7,10,15H,8-9H2,1-4H3,(H,16,17). The Kier molecular flexibility index (Phi) is 5.95. The second-order valence-corrected chi connectivity index (χ2v) is 5.53. The van der Waals surface area contributed by atoms with Gasteiger partial charge in [-0.1, -0.05) is 32.9 Å². The third kappa shape index (κ3) is 6.11. The van der Waals surface area contributed by atoms with E-state index in [0.29, 0.717) is 13.1 Å². The van der Waals surface area contributed by atoms with Gasteiger partial charge in [-0.25, -0.2) is 10.1 Å². The number of hydrazone groups is 1. The van der Waals surface area contributed by atoms with Crippen LogP contribution in [-0.4, -0.2) is 31.3 Å². The predicted molar refractivity (Wildman–Crippen MR) is 83.1 cm³/mol. The van der Waals surface area contributed by atoms with E-state index in [1.807, 2.05) is 12.1 Å². The highest BCUT2D eigenvalue weighted by Gasteiger charge is 2.13. The molecular weight excluding hydrogens is 272 g/mol. The van der Waals surface area contributed by atoms with E-state index in [2.05, 4.69) is 48.6 Å². The van der Waals surface area contributed by atoms with Gasteiger partial charge in [-0.2, -0.15) is 0 Å². The number of ether oxygens (including phenoxy) is 1. The van der Waals surface area contributed by atoms with Gasteiger partial charge in [-0.3, -0.25) is 0 Å². The van der Waals surface area contributed by atoms with Crippen LogP contribution in [0.25, 0.3) is 0 Å². The van der Waals surface area contributed by atoms with Gasteiger partial charge in [-0.05, 0) is 23.1 Å². The lowest BCUT2D eigenvalue weighted by Gasteiger charge is -2.20. The molecule has 7 heteroatoms. The Morgan fingerprint density at radius 3 is 2.67 bits per heavy atom. The first-order valence-corrected chi connectivity index (χ1v) is 6.68. The van der Waals surface area contributed by atoms with Gasteiger partial charge in [0.1, 0.15) is 5.10 Å². The van der Waals surface area contributed by atoms with E-state index in [1.54, 1.807) is 0 Å². The molecule has 0 saturated carbocycles. The highest BCUT2D eigenvalue weighted by Crippen LogP contribution is 2.24. The lowest BCUT2D eigenvalue weighted by Crippen LogP contribution is -2.30. The first-order valence-electron chi connectivity index (χ1n) is 6.68. The zero-order chi connectivity index (χ0) is 15.9. The minimum absolute atomic E-state index is 0.0948. The molecular formula is C14H22N4O3. The summed E-state index contributed by atoms with van der Waals surface area (Å²) in [7, 11) is 1.33. The Labute approximate surface area is 124 Å². The number of methoxy groups -OCH3 is 1. The summed E-state index contributed by atoms with van der Waals surface area (Å²) in [5.41, 5.74) is 2.35. The van der Waals surface area contributed by atoms with E-state index in [9.17, 15) is 10.1 Å². The summed E-state index contributed by atoms with van der Waals surface area (Å²) >= 11 is 0. The fourth-order valence-electron chi connectivity index (χ4n) is 1.69. The van der Waals surface area contributed by atoms with Crippen molar-refractivity contribution in [3.8, 4) is 0 Å². The average molecular weight is 294 g/mol. The molecule has 0 atom stereocenters. The van der Waals surface area contributed by atoms with E-state index in [4.69, 9.17) is 4.74 Å². The van der Waals surface area contributed by atoms with Crippen LogP contribution < -0.4 is 10.6 Å². The quantitative estimate of drug-likeness (QED) is 0.286. The van der Waals surface area contributed by atoms with Crippen LogP contribution >= 0.6 is 0 Å². The van der Waals surface area contributed by atoms with Crippen LogP contribution in [0.5, 0.6) is 0 Å². The Bertz CT molecular complexity index is 509. The molecule has 2 N–H and O–H groups in total. The molecule has 1 aromatic carbocycles. The number of nitro groups is 1. The molecule has 0 unspecified atom stereocenters. The maximum Gasteiger partial charge on any atom is 0.358 e. The molecule has 0 saturated heterocycles. The largest absolute Gasteiger partial charge is 0.464 e. The molecule has 1 rings (SSSR count). The fourth-order valence-corrected chi connectivity index (χ4v) is 1.69. The molecule has 21 heavy (non-hydrogen) atoms. The zero-order valence-corrected chi connectivity index (χ0v) is 12.8. The van der Waals surface area contributed by atoms with Gasteiger partial charge in [-0.15, -0.1) is 0 Å². The Hall–Kier alpha value is -2.31. The molecule has 7 nitrogen and oxygen atoms in total. The smallest absolute Gasteiger partial charge is 0.358 e. The molecule has 0 aromatic heterocycles. The molecule has 0 amide bonds. The second kappa shape index (κ2) is 7.47. The average Bonchev–Trinajstić information content (AvgIpc) is 2.41. The highest BCUT2D eigenvalue weighted by atomic mass is 16.7. The predicted octanol–water partition coefficient (Wildman–Crippen LogP) is 2.18. The number of nitrogens with zero attached hydrogens (tertiary/aromatic N) is 2. The normalized spacial score (nSPS) is 11.9. The molecule has 116 valence electrons. The summed E-state index contributed by atoms with van der Waals surface area (Å²) in [4.78, 5) is 10.2. The van der Waals surface area contributed by atoms with Gasteiger partial charge in [0.15, 0.2) is 5.03 Å². The summed E-state index contributed by atoms with van der Waals surface area (Å²) in [6.45, 7) is 7.53. The van der Waals surface area contributed by atoms with Crippen molar-refractivity contribution in [2.24, 2.45) is 5.10 Å². The van der Waals surface area contributed by atoms with Crippen molar-refractivity contribution in [2.45, 2.75) is 26.2 Å². The molecule has 1 aromatic rings. The fraction of sp³-hybridized carbons (Fsp3) is 0.500. The summed E-state index contributed by atoms with van der Waals surface area (Å²) in [5, 5.41) is 18.5. The van der Waals surface area contributed by atoms with Crippen LogP contribution in [0.1, 0.15) is 26.3 Å². The Morgan fingerprint density at radius 2 is 2.10 bits per heavy atom. The van der Waals surface area contributed by atoms with Gasteiger partial charge in [0.25, 0.3) is 0 Å². The Balaban J connectivity index is 2.48.